The van der Waals surface area contributed by atoms with Crippen molar-refractivity contribution in [1.82, 2.24) is 20.4 Å². The number of aromatic nitrogens is 2. The Morgan fingerprint density at radius 1 is 1.17 bits per heavy atom. The lowest BCUT2D eigenvalue weighted by atomic mass is 9.96. The molecule has 2 amide bonds. The van der Waals surface area contributed by atoms with Crippen LogP contribution >= 0.6 is 0 Å². The molecule has 6 heteroatoms. The Labute approximate surface area is 143 Å². The fraction of sp³-hybridized carbons (Fsp3) is 0.722. The predicted molar refractivity (Wildman–Crippen MR) is 93.2 cm³/mol. The Morgan fingerprint density at radius 2 is 1.92 bits per heavy atom. The molecular weight excluding hydrogens is 302 g/mol. The van der Waals surface area contributed by atoms with Crippen molar-refractivity contribution in [3.05, 3.63) is 17.3 Å². The van der Waals surface area contributed by atoms with Crippen LogP contribution in [0.15, 0.2) is 6.07 Å². The molecule has 4 rings (SSSR count). The third-order valence-electron chi connectivity index (χ3n) is 5.79. The van der Waals surface area contributed by atoms with E-state index in [0.29, 0.717) is 6.04 Å². The van der Waals surface area contributed by atoms with Crippen LogP contribution < -0.4 is 10.2 Å². The van der Waals surface area contributed by atoms with Gasteiger partial charge >= 0.3 is 6.03 Å². The van der Waals surface area contributed by atoms with Gasteiger partial charge in [-0.15, -0.1) is 5.10 Å². The molecular formula is C18H27N5O. The normalized spacial score (nSPS) is 21.3. The van der Waals surface area contributed by atoms with Crippen LogP contribution in [0.2, 0.25) is 0 Å². The minimum Gasteiger partial charge on any atom is -0.351 e. The van der Waals surface area contributed by atoms with Gasteiger partial charge in [-0.05, 0) is 50.2 Å². The number of likely N-dealkylation sites (N-methyl/N-ethyl adjacent to an activating group) is 1. The Hall–Kier alpha value is -1.85. The molecule has 0 spiro atoms. The number of hydrogen-bond acceptors (Lipinski definition) is 4. The highest BCUT2D eigenvalue weighted by Crippen LogP contribution is 2.26. The van der Waals surface area contributed by atoms with Crippen LogP contribution in [0, 0.1) is 0 Å². The highest BCUT2D eigenvalue weighted by molar-refractivity contribution is 5.75. The highest BCUT2D eigenvalue weighted by atomic mass is 16.2. The second kappa shape index (κ2) is 6.57. The van der Waals surface area contributed by atoms with Crippen molar-refractivity contribution < 1.29 is 4.79 Å². The van der Waals surface area contributed by atoms with Crippen molar-refractivity contribution in [2.24, 2.45) is 0 Å². The van der Waals surface area contributed by atoms with E-state index in [1.165, 1.54) is 36.9 Å². The molecule has 24 heavy (non-hydrogen) atoms. The summed E-state index contributed by atoms with van der Waals surface area (Å²) in [4.78, 5) is 16.4. The van der Waals surface area contributed by atoms with Crippen LogP contribution in [0.3, 0.4) is 0 Å². The van der Waals surface area contributed by atoms with Gasteiger partial charge < -0.3 is 15.1 Å². The molecule has 2 fully saturated rings. The smallest absolute Gasteiger partial charge is 0.317 e. The fourth-order valence-corrected chi connectivity index (χ4v) is 4.03. The summed E-state index contributed by atoms with van der Waals surface area (Å²) in [6.45, 7) is 1.70. The van der Waals surface area contributed by atoms with Gasteiger partial charge in [-0.25, -0.2) is 4.79 Å². The number of rotatable bonds is 3. The Balaban J connectivity index is 1.31. The Morgan fingerprint density at radius 3 is 2.71 bits per heavy atom. The molecule has 0 unspecified atom stereocenters. The van der Waals surface area contributed by atoms with E-state index in [-0.39, 0.29) is 12.1 Å². The summed E-state index contributed by atoms with van der Waals surface area (Å²) in [6.07, 6.45) is 9.40. The molecule has 1 saturated heterocycles. The van der Waals surface area contributed by atoms with Gasteiger partial charge in [-0.2, -0.15) is 5.10 Å². The predicted octanol–water partition coefficient (Wildman–Crippen LogP) is 2.13. The molecule has 2 heterocycles. The number of anilines is 1. The second-order valence-corrected chi connectivity index (χ2v) is 7.48. The summed E-state index contributed by atoms with van der Waals surface area (Å²) in [7, 11) is 1.91. The molecule has 1 aromatic heterocycles. The largest absolute Gasteiger partial charge is 0.351 e. The average molecular weight is 329 g/mol. The molecule has 0 bridgehead atoms. The highest BCUT2D eigenvalue weighted by Gasteiger charge is 2.34. The number of aryl methyl sites for hydroxylation is 2. The zero-order valence-corrected chi connectivity index (χ0v) is 14.5. The summed E-state index contributed by atoms with van der Waals surface area (Å²) in [5, 5.41) is 12.0. The monoisotopic (exact) mass is 329 g/mol. The van der Waals surface area contributed by atoms with E-state index < -0.39 is 0 Å². The molecule has 3 aliphatic rings. The summed E-state index contributed by atoms with van der Waals surface area (Å²) in [5.41, 5.74) is 2.54. The van der Waals surface area contributed by atoms with Crippen molar-refractivity contribution in [2.45, 2.75) is 63.5 Å². The molecule has 0 radical (unpaired) electrons. The van der Waals surface area contributed by atoms with Crippen LogP contribution in [-0.2, 0) is 12.8 Å². The standard InChI is InChI=1S/C18H27N5O/c1-22(18(24)19-14-7-3-4-8-14)15-11-23(12-15)17-10-13-6-2-5-9-16(13)20-21-17/h10,14-15H,2-9,11-12H2,1H3,(H,19,24). The van der Waals surface area contributed by atoms with Crippen LogP contribution in [-0.4, -0.2) is 53.3 Å². The molecule has 2 aliphatic carbocycles. The van der Waals surface area contributed by atoms with Gasteiger partial charge in [0.05, 0.1) is 11.7 Å². The number of carbonyl (C=O) groups is 1. The van der Waals surface area contributed by atoms with Gasteiger partial charge in [0.25, 0.3) is 0 Å². The first-order valence-corrected chi connectivity index (χ1v) is 9.34. The maximum atomic E-state index is 12.3. The lowest BCUT2D eigenvalue weighted by Crippen LogP contribution is -2.62. The van der Waals surface area contributed by atoms with E-state index >= 15 is 0 Å². The van der Waals surface area contributed by atoms with E-state index in [9.17, 15) is 4.79 Å². The van der Waals surface area contributed by atoms with Crippen LogP contribution in [0.1, 0.15) is 49.8 Å². The van der Waals surface area contributed by atoms with E-state index in [1.54, 1.807) is 0 Å². The van der Waals surface area contributed by atoms with Crippen molar-refractivity contribution >= 4 is 11.8 Å². The number of hydrogen-bond donors (Lipinski definition) is 1. The van der Waals surface area contributed by atoms with Crippen molar-refractivity contribution in [3.63, 3.8) is 0 Å². The van der Waals surface area contributed by atoms with Crippen molar-refractivity contribution in [2.75, 3.05) is 25.0 Å². The molecule has 6 nitrogen and oxygen atoms in total. The quantitative estimate of drug-likeness (QED) is 0.923. The molecule has 0 atom stereocenters. The van der Waals surface area contributed by atoms with Crippen molar-refractivity contribution in [1.29, 1.82) is 0 Å². The lowest BCUT2D eigenvalue weighted by Gasteiger charge is -2.44. The van der Waals surface area contributed by atoms with Gasteiger partial charge in [-0.1, -0.05) is 12.8 Å². The topological polar surface area (TPSA) is 61.4 Å². The van der Waals surface area contributed by atoms with E-state index in [1.807, 2.05) is 11.9 Å². The summed E-state index contributed by atoms with van der Waals surface area (Å²) in [5.74, 6) is 0.969. The minimum absolute atomic E-state index is 0.0723. The SMILES string of the molecule is CN(C(=O)NC1CCCC1)C1CN(c2cc3c(nn2)CCCC3)C1. The summed E-state index contributed by atoms with van der Waals surface area (Å²) >= 11 is 0. The number of amides is 2. The van der Waals surface area contributed by atoms with Gasteiger partial charge in [0.15, 0.2) is 5.82 Å². The summed E-state index contributed by atoms with van der Waals surface area (Å²) < 4.78 is 0. The number of carbonyl (C=O) groups excluding carboxylic acids is 1. The zero-order valence-electron chi connectivity index (χ0n) is 14.5. The third kappa shape index (κ3) is 3.06. The van der Waals surface area contributed by atoms with E-state index in [4.69, 9.17) is 0 Å². The van der Waals surface area contributed by atoms with Crippen LogP contribution in [0.25, 0.3) is 0 Å². The molecule has 1 aliphatic heterocycles. The lowest BCUT2D eigenvalue weighted by molar-refractivity contribution is 0.175. The zero-order chi connectivity index (χ0) is 16.5. The molecule has 0 aromatic carbocycles. The summed E-state index contributed by atoms with van der Waals surface area (Å²) in [6, 6.07) is 2.92. The molecule has 130 valence electrons. The molecule has 1 saturated carbocycles. The first-order valence-electron chi connectivity index (χ1n) is 9.34. The first-order chi connectivity index (χ1) is 11.7. The first kappa shape index (κ1) is 15.7. The number of urea groups is 1. The number of nitrogens with zero attached hydrogens (tertiary/aromatic N) is 4. The van der Waals surface area contributed by atoms with Crippen molar-refractivity contribution in [3.8, 4) is 0 Å². The minimum atomic E-state index is 0.0723. The van der Waals surface area contributed by atoms with E-state index in [0.717, 1.165) is 44.6 Å². The van der Waals surface area contributed by atoms with Crippen LogP contribution in [0.4, 0.5) is 10.6 Å². The maximum Gasteiger partial charge on any atom is 0.317 e. The van der Waals surface area contributed by atoms with Crippen LogP contribution in [0.5, 0.6) is 0 Å². The van der Waals surface area contributed by atoms with Gasteiger partial charge in [0.1, 0.15) is 0 Å². The van der Waals surface area contributed by atoms with Gasteiger partial charge in [-0.3, -0.25) is 0 Å². The molecule has 1 N–H and O–H groups in total. The third-order valence-corrected chi connectivity index (χ3v) is 5.79. The fourth-order valence-electron chi connectivity index (χ4n) is 4.03. The average Bonchev–Trinajstić information content (AvgIpc) is 3.06. The van der Waals surface area contributed by atoms with Gasteiger partial charge in [0.2, 0.25) is 0 Å². The second-order valence-electron chi connectivity index (χ2n) is 7.48. The van der Waals surface area contributed by atoms with Gasteiger partial charge in [0, 0.05) is 26.2 Å². The Kier molecular flexibility index (Phi) is 4.29. The Bertz CT molecular complexity index is 607. The maximum absolute atomic E-state index is 12.3. The number of nitrogens with one attached hydrogen (secondary N) is 1. The molecule has 1 aromatic rings. The number of fused-ring (bicyclic) bond motifs is 1. The van der Waals surface area contributed by atoms with E-state index in [2.05, 4.69) is 26.5 Å².